The lowest BCUT2D eigenvalue weighted by atomic mass is 10.2. The molecule has 1 aromatic heterocycles. The van der Waals surface area contributed by atoms with Crippen molar-refractivity contribution in [2.45, 2.75) is 19.5 Å². The van der Waals surface area contributed by atoms with Gasteiger partial charge in [0.15, 0.2) is 0 Å². The Morgan fingerprint density at radius 2 is 2.15 bits per heavy atom. The second-order valence-electron chi connectivity index (χ2n) is 4.42. The molecule has 0 saturated heterocycles. The lowest BCUT2D eigenvalue weighted by Crippen LogP contribution is -2.41. The second-order valence-corrected chi connectivity index (χ2v) is 5.28. The Bertz CT molecular complexity index is 557. The zero-order valence-corrected chi connectivity index (χ0v) is 12.0. The summed E-state index contributed by atoms with van der Waals surface area (Å²) >= 11 is 1.55. The van der Waals surface area contributed by atoms with Crippen molar-refractivity contribution in [3.8, 4) is 10.6 Å². The highest BCUT2D eigenvalue weighted by molar-refractivity contribution is 7.13. The number of thiazole rings is 1. The third-order valence-corrected chi connectivity index (χ3v) is 3.59. The number of hydrogen-bond acceptors (Lipinski definition) is 4. The van der Waals surface area contributed by atoms with Gasteiger partial charge < -0.3 is 15.7 Å². The number of hydrogen-bond donors (Lipinski definition) is 3. The average molecular weight is 291 g/mol. The van der Waals surface area contributed by atoms with E-state index in [9.17, 15) is 4.79 Å². The summed E-state index contributed by atoms with van der Waals surface area (Å²) in [6.07, 6.45) is 0. The van der Waals surface area contributed by atoms with Gasteiger partial charge in [-0.05, 0) is 6.92 Å². The first-order chi connectivity index (χ1) is 9.69. The Morgan fingerprint density at radius 1 is 1.40 bits per heavy atom. The van der Waals surface area contributed by atoms with Gasteiger partial charge in [0.25, 0.3) is 0 Å². The van der Waals surface area contributed by atoms with E-state index >= 15 is 0 Å². The average Bonchev–Trinajstić information content (AvgIpc) is 2.95. The van der Waals surface area contributed by atoms with Crippen LogP contribution in [0.15, 0.2) is 35.7 Å². The van der Waals surface area contributed by atoms with Crippen molar-refractivity contribution < 1.29 is 9.90 Å². The number of aliphatic hydroxyl groups is 1. The van der Waals surface area contributed by atoms with Crippen molar-refractivity contribution >= 4 is 17.4 Å². The fraction of sp³-hybridized carbons (Fsp3) is 0.286. The molecular weight excluding hydrogens is 274 g/mol. The number of urea groups is 1. The molecular formula is C14H17N3O2S. The first-order valence-corrected chi connectivity index (χ1v) is 7.22. The zero-order chi connectivity index (χ0) is 14.4. The highest BCUT2D eigenvalue weighted by atomic mass is 32.1. The zero-order valence-electron chi connectivity index (χ0n) is 11.2. The number of nitrogens with zero attached hydrogens (tertiary/aromatic N) is 1. The number of carbonyl (C=O) groups excluding carboxylic acids is 1. The van der Waals surface area contributed by atoms with E-state index < -0.39 is 0 Å². The van der Waals surface area contributed by atoms with Gasteiger partial charge in [0.05, 0.1) is 24.9 Å². The molecule has 0 aliphatic heterocycles. The SMILES string of the molecule is CC(CO)NC(=O)NCc1csc(-c2ccccc2)n1. The normalized spacial score (nSPS) is 11.9. The van der Waals surface area contributed by atoms with E-state index in [-0.39, 0.29) is 18.7 Å². The number of aliphatic hydroxyl groups excluding tert-OH is 1. The quantitative estimate of drug-likeness (QED) is 0.788. The van der Waals surface area contributed by atoms with E-state index in [2.05, 4.69) is 15.6 Å². The molecule has 1 heterocycles. The predicted octanol–water partition coefficient (Wildman–Crippen LogP) is 1.99. The molecule has 0 aliphatic carbocycles. The number of benzene rings is 1. The molecule has 0 radical (unpaired) electrons. The third-order valence-electron chi connectivity index (χ3n) is 2.65. The molecule has 0 fully saturated rings. The van der Waals surface area contributed by atoms with Gasteiger partial charge in [0, 0.05) is 10.9 Å². The van der Waals surface area contributed by atoms with Gasteiger partial charge in [-0.15, -0.1) is 11.3 Å². The van der Waals surface area contributed by atoms with Gasteiger partial charge in [-0.25, -0.2) is 9.78 Å². The maximum Gasteiger partial charge on any atom is 0.315 e. The first-order valence-electron chi connectivity index (χ1n) is 6.34. The highest BCUT2D eigenvalue weighted by Gasteiger charge is 2.07. The van der Waals surface area contributed by atoms with Gasteiger partial charge >= 0.3 is 6.03 Å². The molecule has 0 spiro atoms. The summed E-state index contributed by atoms with van der Waals surface area (Å²) in [7, 11) is 0. The maximum absolute atomic E-state index is 11.5. The van der Waals surface area contributed by atoms with Crippen LogP contribution < -0.4 is 10.6 Å². The number of carbonyl (C=O) groups is 1. The van der Waals surface area contributed by atoms with Crippen LogP contribution in [0.2, 0.25) is 0 Å². The van der Waals surface area contributed by atoms with Gasteiger partial charge in [-0.1, -0.05) is 30.3 Å². The molecule has 2 aromatic rings. The lowest BCUT2D eigenvalue weighted by Gasteiger charge is -2.11. The molecule has 3 N–H and O–H groups in total. The van der Waals surface area contributed by atoms with Gasteiger partial charge in [0.2, 0.25) is 0 Å². The van der Waals surface area contributed by atoms with E-state index in [1.54, 1.807) is 18.3 Å². The molecule has 0 aliphatic rings. The predicted molar refractivity (Wildman–Crippen MR) is 79.5 cm³/mol. The number of amides is 2. The lowest BCUT2D eigenvalue weighted by molar-refractivity contribution is 0.220. The Morgan fingerprint density at radius 3 is 2.85 bits per heavy atom. The topological polar surface area (TPSA) is 74.2 Å². The molecule has 2 rings (SSSR count). The molecule has 0 bridgehead atoms. The van der Waals surface area contributed by atoms with Crippen molar-refractivity contribution in [1.29, 1.82) is 0 Å². The Kier molecular flexibility index (Phi) is 5.09. The van der Waals surface area contributed by atoms with Crippen LogP contribution in [0.3, 0.4) is 0 Å². The largest absolute Gasteiger partial charge is 0.394 e. The molecule has 1 unspecified atom stereocenters. The van der Waals surface area contributed by atoms with Crippen LogP contribution in [0.5, 0.6) is 0 Å². The molecule has 5 nitrogen and oxygen atoms in total. The Labute approximate surface area is 121 Å². The molecule has 6 heteroatoms. The summed E-state index contributed by atoms with van der Waals surface area (Å²) in [5, 5.41) is 17.0. The van der Waals surface area contributed by atoms with E-state index in [1.807, 2.05) is 35.7 Å². The van der Waals surface area contributed by atoms with Crippen molar-refractivity contribution in [2.75, 3.05) is 6.61 Å². The van der Waals surface area contributed by atoms with Crippen LogP contribution in [0, 0.1) is 0 Å². The fourth-order valence-electron chi connectivity index (χ4n) is 1.59. The summed E-state index contributed by atoms with van der Waals surface area (Å²) in [6, 6.07) is 9.35. The van der Waals surface area contributed by atoms with Crippen LogP contribution in [-0.2, 0) is 6.54 Å². The van der Waals surface area contributed by atoms with Crippen LogP contribution in [0.4, 0.5) is 4.79 Å². The van der Waals surface area contributed by atoms with Crippen molar-refractivity contribution in [3.05, 3.63) is 41.4 Å². The number of rotatable bonds is 5. The number of aromatic nitrogens is 1. The summed E-state index contributed by atoms with van der Waals surface area (Å²) in [5.41, 5.74) is 1.89. The monoisotopic (exact) mass is 291 g/mol. The second kappa shape index (κ2) is 7.02. The van der Waals surface area contributed by atoms with Crippen molar-refractivity contribution in [1.82, 2.24) is 15.6 Å². The minimum atomic E-state index is -0.305. The van der Waals surface area contributed by atoms with Crippen LogP contribution in [0.1, 0.15) is 12.6 Å². The molecule has 20 heavy (non-hydrogen) atoms. The minimum Gasteiger partial charge on any atom is -0.394 e. The van der Waals surface area contributed by atoms with Gasteiger partial charge in [0.1, 0.15) is 5.01 Å². The summed E-state index contributed by atoms with van der Waals surface area (Å²) in [5.74, 6) is 0. The molecule has 1 atom stereocenters. The van der Waals surface area contributed by atoms with Crippen LogP contribution in [0.25, 0.3) is 10.6 Å². The third kappa shape index (κ3) is 4.04. The molecule has 0 saturated carbocycles. The van der Waals surface area contributed by atoms with E-state index in [4.69, 9.17) is 5.11 Å². The summed E-state index contributed by atoms with van der Waals surface area (Å²) in [6.45, 7) is 2.02. The van der Waals surface area contributed by atoms with Crippen molar-refractivity contribution in [3.63, 3.8) is 0 Å². The van der Waals surface area contributed by atoms with Gasteiger partial charge in [-0.3, -0.25) is 0 Å². The van der Waals surface area contributed by atoms with E-state index in [0.29, 0.717) is 6.54 Å². The summed E-state index contributed by atoms with van der Waals surface area (Å²) < 4.78 is 0. The van der Waals surface area contributed by atoms with Gasteiger partial charge in [-0.2, -0.15) is 0 Å². The Balaban J connectivity index is 1.89. The van der Waals surface area contributed by atoms with Crippen molar-refractivity contribution in [2.24, 2.45) is 0 Å². The van der Waals surface area contributed by atoms with Crippen LogP contribution >= 0.6 is 11.3 Å². The smallest absolute Gasteiger partial charge is 0.315 e. The van der Waals surface area contributed by atoms with E-state index in [0.717, 1.165) is 16.3 Å². The fourth-order valence-corrected chi connectivity index (χ4v) is 2.42. The first kappa shape index (κ1) is 14.5. The standard InChI is InChI=1S/C14H17N3O2S/c1-10(8-18)16-14(19)15-7-12-9-20-13(17-12)11-5-3-2-4-6-11/h2-6,9-10,18H,7-8H2,1H3,(H2,15,16,19). The van der Waals surface area contributed by atoms with E-state index in [1.165, 1.54) is 0 Å². The minimum absolute atomic E-state index is 0.0811. The van der Waals surface area contributed by atoms with Crippen LogP contribution in [-0.4, -0.2) is 28.8 Å². The Hall–Kier alpha value is -1.92. The summed E-state index contributed by atoms with van der Waals surface area (Å²) in [4.78, 5) is 16.0. The molecule has 106 valence electrons. The number of nitrogens with one attached hydrogen (secondary N) is 2. The molecule has 2 amide bonds. The highest BCUT2D eigenvalue weighted by Crippen LogP contribution is 2.22. The maximum atomic E-state index is 11.5. The molecule has 1 aromatic carbocycles.